The van der Waals surface area contributed by atoms with Crippen molar-refractivity contribution in [2.24, 2.45) is 0 Å². The van der Waals surface area contributed by atoms with Crippen LogP contribution in [0.1, 0.15) is 12.5 Å². The van der Waals surface area contributed by atoms with Crippen molar-refractivity contribution in [1.82, 2.24) is 0 Å². The number of hydrogen-bond acceptors (Lipinski definition) is 3. The van der Waals surface area contributed by atoms with E-state index in [4.69, 9.17) is 9.47 Å². The van der Waals surface area contributed by atoms with Crippen molar-refractivity contribution in [3.05, 3.63) is 34.3 Å². The van der Waals surface area contributed by atoms with Crippen LogP contribution in [0.5, 0.6) is 5.75 Å². The van der Waals surface area contributed by atoms with Crippen LogP contribution in [0.2, 0.25) is 0 Å². The number of halogens is 1. The molecule has 1 aromatic rings. The maximum atomic E-state index is 11.1. The van der Waals surface area contributed by atoms with Crippen molar-refractivity contribution >= 4 is 28.0 Å². The molecule has 0 saturated carbocycles. The molecule has 4 heteroatoms. The number of rotatable bonds is 4. The maximum absolute atomic E-state index is 11.1. The molecule has 0 heterocycles. The van der Waals surface area contributed by atoms with Gasteiger partial charge < -0.3 is 9.47 Å². The summed E-state index contributed by atoms with van der Waals surface area (Å²) < 4.78 is 10.9. The van der Waals surface area contributed by atoms with Gasteiger partial charge in [-0.2, -0.15) is 0 Å². The maximum Gasteiger partial charge on any atom is 0.330 e. The van der Waals surface area contributed by atoms with Crippen LogP contribution in [0.3, 0.4) is 0 Å². The van der Waals surface area contributed by atoms with Crippen LogP contribution in [0.4, 0.5) is 0 Å². The molecule has 0 amide bonds. The summed E-state index contributed by atoms with van der Waals surface area (Å²) in [5, 5.41) is 0. The average molecular weight is 285 g/mol. The van der Waals surface area contributed by atoms with Gasteiger partial charge in [0.1, 0.15) is 5.75 Å². The van der Waals surface area contributed by atoms with E-state index in [1.54, 1.807) is 20.1 Å². The highest BCUT2D eigenvalue weighted by Crippen LogP contribution is 2.24. The van der Waals surface area contributed by atoms with Crippen molar-refractivity contribution < 1.29 is 14.3 Å². The van der Waals surface area contributed by atoms with E-state index in [-0.39, 0.29) is 5.97 Å². The number of methoxy groups -OCH3 is 1. The monoisotopic (exact) mass is 284 g/mol. The zero-order valence-electron chi connectivity index (χ0n) is 9.20. The van der Waals surface area contributed by atoms with Crippen LogP contribution >= 0.6 is 15.9 Å². The molecule has 0 atom stereocenters. The van der Waals surface area contributed by atoms with Gasteiger partial charge in [-0.3, -0.25) is 0 Å². The first kappa shape index (κ1) is 12.8. The van der Waals surface area contributed by atoms with Gasteiger partial charge in [0.25, 0.3) is 0 Å². The predicted octanol–water partition coefficient (Wildman–Crippen LogP) is 3.03. The van der Waals surface area contributed by atoms with Crippen molar-refractivity contribution in [3.8, 4) is 5.75 Å². The van der Waals surface area contributed by atoms with Crippen molar-refractivity contribution in [1.29, 1.82) is 0 Å². The minimum absolute atomic E-state index is 0.357. The smallest absolute Gasteiger partial charge is 0.330 e. The number of esters is 1. The standard InChI is InChI=1S/C12H13BrO3/c1-3-16-12(14)7-4-9-8-10(13)5-6-11(9)15-2/h4-8H,3H2,1-2H3. The van der Waals surface area contributed by atoms with Gasteiger partial charge in [-0.1, -0.05) is 15.9 Å². The van der Waals surface area contributed by atoms with Crippen molar-refractivity contribution in [2.75, 3.05) is 13.7 Å². The first-order chi connectivity index (χ1) is 7.67. The summed E-state index contributed by atoms with van der Waals surface area (Å²) in [7, 11) is 1.59. The van der Waals surface area contributed by atoms with E-state index < -0.39 is 0 Å². The molecule has 0 aliphatic heterocycles. The molecule has 0 bridgehead atoms. The Bertz CT molecular complexity index is 399. The molecule has 1 rings (SSSR count). The highest BCUT2D eigenvalue weighted by Gasteiger charge is 2.01. The molecule has 0 fully saturated rings. The van der Waals surface area contributed by atoms with Gasteiger partial charge in [-0.25, -0.2) is 4.79 Å². The van der Waals surface area contributed by atoms with E-state index in [0.717, 1.165) is 10.0 Å². The molecule has 86 valence electrons. The Morgan fingerprint density at radius 2 is 2.25 bits per heavy atom. The minimum Gasteiger partial charge on any atom is -0.496 e. The predicted molar refractivity (Wildman–Crippen MR) is 66.4 cm³/mol. The summed E-state index contributed by atoms with van der Waals surface area (Å²) in [6, 6.07) is 5.57. The summed E-state index contributed by atoms with van der Waals surface area (Å²) in [4.78, 5) is 11.1. The molecule has 0 aromatic heterocycles. The van der Waals surface area contributed by atoms with Crippen LogP contribution in [-0.2, 0) is 9.53 Å². The average Bonchev–Trinajstić information content (AvgIpc) is 2.27. The highest BCUT2D eigenvalue weighted by molar-refractivity contribution is 9.10. The molecule has 0 unspecified atom stereocenters. The summed E-state index contributed by atoms with van der Waals surface area (Å²) in [6.45, 7) is 2.14. The Balaban J connectivity index is 2.86. The summed E-state index contributed by atoms with van der Waals surface area (Å²) >= 11 is 3.36. The van der Waals surface area contributed by atoms with E-state index in [0.29, 0.717) is 12.4 Å². The zero-order chi connectivity index (χ0) is 12.0. The minimum atomic E-state index is -0.357. The fraction of sp³-hybridized carbons (Fsp3) is 0.250. The fourth-order valence-electron chi connectivity index (χ4n) is 1.18. The topological polar surface area (TPSA) is 35.5 Å². The summed E-state index contributed by atoms with van der Waals surface area (Å²) in [6.07, 6.45) is 3.05. The second-order valence-corrected chi connectivity index (χ2v) is 3.89. The van der Waals surface area contributed by atoms with E-state index in [9.17, 15) is 4.79 Å². The normalized spacial score (nSPS) is 10.4. The summed E-state index contributed by atoms with van der Waals surface area (Å²) in [5.74, 6) is 0.355. The Morgan fingerprint density at radius 3 is 2.88 bits per heavy atom. The molecule has 0 N–H and O–H groups in total. The van der Waals surface area contributed by atoms with Crippen molar-refractivity contribution in [2.45, 2.75) is 6.92 Å². The van der Waals surface area contributed by atoms with Crippen LogP contribution < -0.4 is 4.74 Å². The molecule has 1 aromatic carbocycles. The quantitative estimate of drug-likeness (QED) is 0.630. The van der Waals surface area contributed by atoms with E-state index >= 15 is 0 Å². The summed E-state index contributed by atoms with van der Waals surface area (Å²) in [5.41, 5.74) is 0.824. The lowest BCUT2D eigenvalue weighted by Crippen LogP contribution is -1.98. The number of carbonyl (C=O) groups excluding carboxylic acids is 1. The fourth-order valence-corrected chi connectivity index (χ4v) is 1.56. The Morgan fingerprint density at radius 1 is 1.50 bits per heavy atom. The lowest BCUT2D eigenvalue weighted by atomic mass is 10.2. The molecule has 3 nitrogen and oxygen atoms in total. The zero-order valence-corrected chi connectivity index (χ0v) is 10.8. The Hall–Kier alpha value is -1.29. The molecule has 0 aliphatic rings. The largest absolute Gasteiger partial charge is 0.496 e. The molecule has 16 heavy (non-hydrogen) atoms. The molecule has 0 spiro atoms. The van der Waals surface area contributed by atoms with E-state index in [1.807, 2.05) is 18.2 Å². The van der Waals surface area contributed by atoms with Gasteiger partial charge in [0.2, 0.25) is 0 Å². The third-order valence-electron chi connectivity index (χ3n) is 1.88. The van der Waals surface area contributed by atoms with Crippen molar-refractivity contribution in [3.63, 3.8) is 0 Å². The molecule has 0 saturated heterocycles. The number of carbonyl (C=O) groups is 1. The number of ether oxygens (including phenoxy) is 2. The van der Waals surface area contributed by atoms with Crippen LogP contribution in [-0.4, -0.2) is 19.7 Å². The van der Waals surface area contributed by atoms with Gasteiger partial charge in [0.15, 0.2) is 0 Å². The molecule has 0 radical (unpaired) electrons. The van der Waals surface area contributed by atoms with Gasteiger partial charge >= 0.3 is 5.97 Å². The second-order valence-electron chi connectivity index (χ2n) is 2.97. The SMILES string of the molecule is CCOC(=O)C=Cc1cc(Br)ccc1OC. The third-order valence-corrected chi connectivity index (χ3v) is 2.37. The first-order valence-corrected chi connectivity index (χ1v) is 5.65. The van der Waals surface area contributed by atoms with Crippen LogP contribution in [0, 0.1) is 0 Å². The Kier molecular flexibility index (Phi) is 5.05. The van der Waals surface area contributed by atoms with Crippen LogP contribution in [0.15, 0.2) is 28.7 Å². The molecular weight excluding hydrogens is 272 g/mol. The highest BCUT2D eigenvalue weighted by atomic mass is 79.9. The third kappa shape index (κ3) is 3.70. The van der Waals surface area contributed by atoms with Gasteiger partial charge in [0, 0.05) is 16.1 Å². The molecular formula is C12H13BrO3. The van der Waals surface area contributed by atoms with Gasteiger partial charge in [0.05, 0.1) is 13.7 Å². The van der Waals surface area contributed by atoms with Gasteiger partial charge in [-0.15, -0.1) is 0 Å². The molecule has 0 aliphatic carbocycles. The Labute approximate surface area is 103 Å². The van der Waals surface area contributed by atoms with Gasteiger partial charge in [-0.05, 0) is 31.2 Å². The lowest BCUT2D eigenvalue weighted by Gasteiger charge is -2.04. The second kappa shape index (κ2) is 6.33. The van der Waals surface area contributed by atoms with E-state index in [2.05, 4.69) is 15.9 Å². The first-order valence-electron chi connectivity index (χ1n) is 4.85. The van der Waals surface area contributed by atoms with E-state index in [1.165, 1.54) is 6.08 Å². The number of benzene rings is 1. The van der Waals surface area contributed by atoms with Crippen LogP contribution in [0.25, 0.3) is 6.08 Å². The number of hydrogen-bond donors (Lipinski definition) is 0. The lowest BCUT2D eigenvalue weighted by molar-refractivity contribution is -0.137.